The number of hydrogen-bond acceptors (Lipinski definition) is 4. The first-order valence-electron chi connectivity index (χ1n) is 4.44. The number of anilines is 1. The van der Waals surface area contributed by atoms with Crippen LogP contribution in [0.25, 0.3) is 0 Å². The van der Waals surface area contributed by atoms with E-state index in [-0.39, 0.29) is 6.10 Å². The van der Waals surface area contributed by atoms with E-state index < -0.39 is 0 Å². The molecule has 5 nitrogen and oxygen atoms in total. The number of nitrogens with two attached hydrogens (primary N) is 1. The molecule has 1 aliphatic rings. The number of halogens is 1. The third kappa shape index (κ3) is 2.17. The Labute approximate surface area is 86.7 Å². The lowest BCUT2D eigenvalue weighted by atomic mass is 10.3. The molecule has 1 aromatic heterocycles. The molecule has 78 valence electrons. The van der Waals surface area contributed by atoms with Gasteiger partial charge in [-0.05, 0) is 0 Å². The van der Waals surface area contributed by atoms with Gasteiger partial charge in [0.1, 0.15) is 11.9 Å². The lowest BCUT2D eigenvalue weighted by molar-refractivity contribution is -0.0944. The summed E-state index contributed by atoms with van der Waals surface area (Å²) in [5.74, 6) is 0.546. The minimum Gasteiger partial charge on any atom is -0.384 e. The summed E-state index contributed by atoms with van der Waals surface area (Å²) in [5, 5.41) is 4.43. The molecule has 1 aliphatic heterocycles. The van der Waals surface area contributed by atoms with Crippen molar-refractivity contribution < 1.29 is 9.47 Å². The maximum atomic E-state index is 5.70. The second-order valence-corrected chi connectivity index (χ2v) is 3.53. The standard InChI is InChI=1S/C8H12ClN3O2/c9-7-3-8(10)12(11-7)4-6-5-13-1-2-14-6/h3,6H,1-2,4-5,10H2/t6-/m1/s1. The molecule has 1 atom stereocenters. The largest absolute Gasteiger partial charge is 0.384 e. The molecule has 0 unspecified atom stereocenters. The number of nitrogen functional groups attached to an aromatic ring is 1. The Morgan fingerprint density at radius 2 is 2.50 bits per heavy atom. The molecular weight excluding hydrogens is 206 g/mol. The molecule has 0 spiro atoms. The summed E-state index contributed by atoms with van der Waals surface area (Å²) in [6.07, 6.45) is 0.0158. The molecule has 2 N–H and O–H groups in total. The van der Waals surface area contributed by atoms with Crippen molar-refractivity contribution in [3.05, 3.63) is 11.2 Å². The van der Waals surface area contributed by atoms with Gasteiger partial charge in [-0.3, -0.25) is 0 Å². The highest BCUT2D eigenvalue weighted by atomic mass is 35.5. The van der Waals surface area contributed by atoms with Crippen molar-refractivity contribution in [2.75, 3.05) is 25.6 Å². The first kappa shape index (κ1) is 9.76. The molecule has 1 aromatic rings. The molecule has 2 heterocycles. The van der Waals surface area contributed by atoms with Crippen LogP contribution >= 0.6 is 11.6 Å². The number of nitrogens with zero attached hydrogens (tertiary/aromatic N) is 2. The molecule has 0 bridgehead atoms. The lowest BCUT2D eigenvalue weighted by Gasteiger charge is -2.22. The van der Waals surface area contributed by atoms with E-state index in [1.54, 1.807) is 10.7 Å². The predicted octanol–water partition coefficient (Wildman–Crippen LogP) is 0.534. The molecule has 0 aromatic carbocycles. The first-order chi connectivity index (χ1) is 6.75. The van der Waals surface area contributed by atoms with Gasteiger partial charge in [0, 0.05) is 6.07 Å². The van der Waals surface area contributed by atoms with E-state index in [0.29, 0.717) is 37.3 Å². The third-order valence-corrected chi connectivity index (χ3v) is 2.23. The van der Waals surface area contributed by atoms with Gasteiger partial charge in [0.2, 0.25) is 0 Å². The van der Waals surface area contributed by atoms with Crippen molar-refractivity contribution in [2.24, 2.45) is 0 Å². The zero-order valence-corrected chi connectivity index (χ0v) is 8.41. The molecule has 1 saturated heterocycles. The summed E-state index contributed by atoms with van der Waals surface area (Å²) >= 11 is 5.70. The predicted molar refractivity (Wildman–Crippen MR) is 52.2 cm³/mol. The second kappa shape index (κ2) is 4.16. The quantitative estimate of drug-likeness (QED) is 0.785. The summed E-state index contributed by atoms with van der Waals surface area (Å²) in [6, 6.07) is 1.62. The maximum absolute atomic E-state index is 5.70. The van der Waals surface area contributed by atoms with Crippen molar-refractivity contribution in [1.82, 2.24) is 9.78 Å². The van der Waals surface area contributed by atoms with E-state index in [2.05, 4.69) is 5.10 Å². The van der Waals surface area contributed by atoms with Crippen LogP contribution < -0.4 is 5.73 Å². The summed E-state index contributed by atoms with van der Waals surface area (Å²) in [4.78, 5) is 0. The number of hydrogen-bond donors (Lipinski definition) is 1. The Kier molecular flexibility index (Phi) is 2.90. The van der Waals surface area contributed by atoms with Gasteiger partial charge in [-0.1, -0.05) is 11.6 Å². The van der Waals surface area contributed by atoms with Crippen molar-refractivity contribution >= 4 is 17.4 Å². The molecule has 0 aliphatic carbocycles. The summed E-state index contributed by atoms with van der Waals surface area (Å²) < 4.78 is 12.3. The SMILES string of the molecule is Nc1cc(Cl)nn1C[C@@H]1COCCO1. The van der Waals surface area contributed by atoms with Gasteiger partial charge in [-0.25, -0.2) is 4.68 Å². The fourth-order valence-electron chi connectivity index (χ4n) is 1.38. The van der Waals surface area contributed by atoms with Gasteiger partial charge in [-0.15, -0.1) is 0 Å². The van der Waals surface area contributed by atoms with E-state index in [1.807, 2.05) is 0 Å². The van der Waals surface area contributed by atoms with Crippen LogP contribution in [0.1, 0.15) is 0 Å². The van der Waals surface area contributed by atoms with Crippen molar-refractivity contribution in [2.45, 2.75) is 12.6 Å². The minimum absolute atomic E-state index is 0.0158. The Bertz CT molecular complexity index is 310. The van der Waals surface area contributed by atoms with E-state index >= 15 is 0 Å². The van der Waals surface area contributed by atoms with Gasteiger partial charge in [0.15, 0.2) is 5.15 Å². The minimum atomic E-state index is 0.0158. The molecule has 2 rings (SSSR count). The molecule has 0 amide bonds. The lowest BCUT2D eigenvalue weighted by Crippen LogP contribution is -2.32. The summed E-state index contributed by atoms with van der Waals surface area (Å²) in [7, 11) is 0. The van der Waals surface area contributed by atoms with Crippen LogP contribution in [0.15, 0.2) is 6.07 Å². The molecule has 0 radical (unpaired) electrons. The number of aromatic nitrogens is 2. The monoisotopic (exact) mass is 217 g/mol. The fraction of sp³-hybridized carbons (Fsp3) is 0.625. The zero-order valence-electron chi connectivity index (χ0n) is 7.65. The van der Waals surface area contributed by atoms with Crippen LogP contribution in [-0.4, -0.2) is 35.7 Å². The van der Waals surface area contributed by atoms with Gasteiger partial charge in [-0.2, -0.15) is 5.10 Å². The maximum Gasteiger partial charge on any atom is 0.153 e. The summed E-state index contributed by atoms with van der Waals surface area (Å²) in [5.41, 5.74) is 5.68. The Morgan fingerprint density at radius 1 is 1.64 bits per heavy atom. The normalized spacial score (nSPS) is 22.5. The first-order valence-corrected chi connectivity index (χ1v) is 4.81. The zero-order chi connectivity index (χ0) is 9.97. The smallest absolute Gasteiger partial charge is 0.153 e. The van der Waals surface area contributed by atoms with E-state index in [9.17, 15) is 0 Å². The number of rotatable bonds is 2. The Balaban J connectivity index is 1.98. The summed E-state index contributed by atoms with van der Waals surface area (Å²) in [6.45, 7) is 2.45. The average molecular weight is 218 g/mol. The highest BCUT2D eigenvalue weighted by Gasteiger charge is 2.16. The molecule has 1 fully saturated rings. The van der Waals surface area contributed by atoms with Gasteiger partial charge >= 0.3 is 0 Å². The average Bonchev–Trinajstić information content (AvgIpc) is 2.47. The molecule has 6 heteroatoms. The van der Waals surface area contributed by atoms with Crippen molar-refractivity contribution in [3.8, 4) is 0 Å². The molecule has 14 heavy (non-hydrogen) atoms. The van der Waals surface area contributed by atoms with Crippen LogP contribution in [0.3, 0.4) is 0 Å². The van der Waals surface area contributed by atoms with Crippen LogP contribution in [0.2, 0.25) is 5.15 Å². The number of ether oxygens (including phenoxy) is 2. The highest BCUT2D eigenvalue weighted by Crippen LogP contribution is 2.13. The van der Waals surface area contributed by atoms with Gasteiger partial charge in [0.05, 0.1) is 26.4 Å². The van der Waals surface area contributed by atoms with Crippen molar-refractivity contribution in [3.63, 3.8) is 0 Å². The second-order valence-electron chi connectivity index (χ2n) is 3.14. The van der Waals surface area contributed by atoms with Crippen LogP contribution in [0, 0.1) is 0 Å². The molecule has 0 saturated carbocycles. The Morgan fingerprint density at radius 3 is 3.07 bits per heavy atom. The van der Waals surface area contributed by atoms with E-state index in [1.165, 1.54) is 0 Å². The highest BCUT2D eigenvalue weighted by molar-refractivity contribution is 6.29. The van der Waals surface area contributed by atoms with E-state index in [0.717, 1.165) is 0 Å². The van der Waals surface area contributed by atoms with Gasteiger partial charge < -0.3 is 15.2 Å². The van der Waals surface area contributed by atoms with Crippen LogP contribution in [0.4, 0.5) is 5.82 Å². The van der Waals surface area contributed by atoms with Gasteiger partial charge in [0.25, 0.3) is 0 Å². The third-order valence-electron chi connectivity index (χ3n) is 2.04. The Hall–Kier alpha value is -0.780. The topological polar surface area (TPSA) is 62.3 Å². The van der Waals surface area contributed by atoms with Crippen LogP contribution in [-0.2, 0) is 16.0 Å². The van der Waals surface area contributed by atoms with E-state index in [4.69, 9.17) is 26.8 Å². The molecular formula is C8H12ClN3O2. The van der Waals surface area contributed by atoms with Crippen molar-refractivity contribution in [1.29, 1.82) is 0 Å². The van der Waals surface area contributed by atoms with Crippen LogP contribution in [0.5, 0.6) is 0 Å². The fourth-order valence-corrected chi connectivity index (χ4v) is 1.58.